The molecule has 0 unspecified atom stereocenters. The lowest BCUT2D eigenvalue weighted by atomic mass is 9.98. The molecule has 3 N–H and O–H groups in total. The topological polar surface area (TPSA) is 46.2 Å². The number of benzene rings is 1. The lowest BCUT2D eigenvalue weighted by Crippen LogP contribution is -2.22. The Bertz CT molecular complexity index is 424. The molecule has 0 radical (unpaired) electrons. The van der Waals surface area contributed by atoms with Gasteiger partial charge in [-0.1, -0.05) is 6.07 Å². The van der Waals surface area contributed by atoms with Gasteiger partial charge in [-0.25, -0.2) is 0 Å². The summed E-state index contributed by atoms with van der Waals surface area (Å²) < 4.78 is 0.823. The fourth-order valence-corrected chi connectivity index (χ4v) is 2.55. The minimum Gasteiger partial charge on any atom is -0.506 e. The van der Waals surface area contributed by atoms with Gasteiger partial charge in [0.1, 0.15) is 5.75 Å². The molecular weight excluding hydrogens is 266 g/mol. The number of aromatic hydroxyl groups is 1. The molecule has 1 saturated carbocycles. The zero-order valence-corrected chi connectivity index (χ0v) is 11.4. The molecule has 1 aromatic carbocycles. The number of rotatable bonds is 3. The summed E-state index contributed by atoms with van der Waals surface area (Å²) >= 11 is 3.44. The van der Waals surface area contributed by atoms with E-state index in [0.717, 1.165) is 41.3 Å². The molecule has 16 heavy (non-hydrogen) atoms. The molecule has 2 rings (SSSR count). The van der Waals surface area contributed by atoms with E-state index in [1.54, 1.807) is 0 Å². The first-order valence-electron chi connectivity index (χ1n) is 5.69. The highest BCUT2D eigenvalue weighted by Crippen LogP contribution is 2.38. The number of phenolic OH excluding ortho intramolecular Hbond substituents is 1. The van der Waals surface area contributed by atoms with E-state index in [2.05, 4.69) is 22.0 Å². The molecule has 0 atom stereocenters. The molecule has 88 valence electrons. The molecule has 0 aliphatic heterocycles. The van der Waals surface area contributed by atoms with Gasteiger partial charge < -0.3 is 10.8 Å². The minimum atomic E-state index is 0.102. The van der Waals surface area contributed by atoms with Crippen LogP contribution < -0.4 is 5.73 Å². The highest BCUT2D eigenvalue weighted by Gasteiger charge is 2.37. The molecule has 1 fully saturated rings. The van der Waals surface area contributed by atoms with Crippen molar-refractivity contribution >= 4 is 15.9 Å². The van der Waals surface area contributed by atoms with Crippen LogP contribution in [0.4, 0.5) is 0 Å². The van der Waals surface area contributed by atoms with Gasteiger partial charge in [-0.3, -0.25) is 0 Å². The van der Waals surface area contributed by atoms with E-state index in [1.807, 2.05) is 13.8 Å². The Hall–Kier alpha value is -0.540. The average molecular weight is 284 g/mol. The summed E-state index contributed by atoms with van der Waals surface area (Å²) in [7, 11) is 0. The van der Waals surface area contributed by atoms with Gasteiger partial charge in [-0.05, 0) is 72.2 Å². The zero-order chi connectivity index (χ0) is 11.9. The number of nitrogens with two attached hydrogens (primary N) is 1. The summed E-state index contributed by atoms with van der Waals surface area (Å²) in [6.07, 6.45) is 4.36. The largest absolute Gasteiger partial charge is 0.506 e. The molecule has 0 saturated heterocycles. The van der Waals surface area contributed by atoms with Gasteiger partial charge in [0.05, 0.1) is 4.47 Å². The van der Waals surface area contributed by atoms with Gasteiger partial charge in [0.15, 0.2) is 0 Å². The first-order valence-corrected chi connectivity index (χ1v) is 6.49. The van der Waals surface area contributed by atoms with Gasteiger partial charge in [0.25, 0.3) is 0 Å². The Morgan fingerprint density at radius 2 is 2.06 bits per heavy atom. The van der Waals surface area contributed by atoms with E-state index in [0.29, 0.717) is 5.75 Å². The zero-order valence-electron chi connectivity index (χ0n) is 9.81. The third-order valence-corrected chi connectivity index (χ3v) is 4.54. The normalized spacial score (nSPS) is 17.5. The Kier molecular flexibility index (Phi) is 3.01. The standard InChI is InChI=1S/C13H18BrNO/c1-8-7-10(3-4-13(15)5-6-13)9(2)11(14)12(8)16/h7,16H,3-6,15H2,1-2H3. The molecule has 1 aliphatic carbocycles. The van der Waals surface area contributed by atoms with Crippen molar-refractivity contribution in [3.05, 3.63) is 27.2 Å². The van der Waals surface area contributed by atoms with Crippen LogP contribution in [0.1, 0.15) is 36.0 Å². The number of hydrogen-bond donors (Lipinski definition) is 2. The van der Waals surface area contributed by atoms with Crippen molar-refractivity contribution in [1.82, 2.24) is 0 Å². The fourth-order valence-electron chi connectivity index (χ4n) is 1.98. The lowest BCUT2D eigenvalue weighted by molar-refractivity contribution is 0.466. The summed E-state index contributed by atoms with van der Waals surface area (Å²) in [5.74, 6) is 0.357. The second kappa shape index (κ2) is 4.04. The molecular formula is C13H18BrNO. The smallest absolute Gasteiger partial charge is 0.132 e. The summed E-state index contributed by atoms with van der Waals surface area (Å²) in [6.45, 7) is 3.97. The quantitative estimate of drug-likeness (QED) is 0.895. The molecule has 3 heteroatoms. The van der Waals surface area contributed by atoms with Gasteiger partial charge in [-0.2, -0.15) is 0 Å². The van der Waals surface area contributed by atoms with Crippen molar-refractivity contribution in [2.24, 2.45) is 5.73 Å². The third kappa shape index (κ3) is 2.25. The van der Waals surface area contributed by atoms with Crippen LogP contribution in [0.25, 0.3) is 0 Å². The van der Waals surface area contributed by atoms with Crippen LogP contribution in [0.2, 0.25) is 0 Å². The number of hydrogen-bond acceptors (Lipinski definition) is 2. The number of phenols is 1. The Morgan fingerprint density at radius 3 is 2.62 bits per heavy atom. The van der Waals surface area contributed by atoms with E-state index in [9.17, 15) is 5.11 Å². The highest BCUT2D eigenvalue weighted by molar-refractivity contribution is 9.10. The van der Waals surface area contributed by atoms with Crippen molar-refractivity contribution in [1.29, 1.82) is 0 Å². The molecule has 2 nitrogen and oxygen atoms in total. The van der Waals surface area contributed by atoms with Crippen molar-refractivity contribution in [3.8, 4) is 5.75 Å². The summed E-state index contributed by atoms with van der Waals surface area (Å²) in [5.41, 5.74) is 9.54. The van der Waals surface area contributed by atoms with E-state index >= 15 is 0 Å². The van der Waals surface area contributed by atoms with Crippen LogP contribution in [0.15, 0.2) is 10.5 Å². The Morgan fingerprint density at radius 1 is 1.44 bits per heavy atom. The van der Waals surface area contributed by atoms with Crippen LogP contribution in [-0.4, -0.2) is 10.6 Å². The molecule has 1 aromatic rings. The van der Waals surface area contributed by atoms with Gasteiger partial charge in [0.2, 0.25) is 0 Å². The highest BCUT2D eigenvalue weighted by atomic mass is 79.9. The Labute approximate surface area is 105 Å². The predicted molar refractivity (Wildman–Crippen MR) is 69.8 cm³/mol. The van der Waals surface area contributed by atoms with E-state index < -0.39 is 0 Å². The van der Waals surface area contributed by atoms with Gasteiger partial charge in [0, 0.05) is 5.54 Å². The van der Waals surface area contributed by atoms with Gasteiger partial charge in [-0.15, -0.1) is 0 Å². The second-order valence-corrected chi connectivity index (χ2v) is 5.80. The molecule has 1 aliphatic rings. The first kappa shape index (κ1) is 11.9. The average Bonchev–Trinajstić information content (AvgIpc) is 2.98. The van der Waals surface area contributed by atoms with Crippen LogP contribution >= 0.6 is 15.9 Å². The minimum absolute atomic E-state index is 0.102. The second-order valence-electron chi connectivity index (χ2n) is 5.00. The molecule has 0 bridgehead atoms. The summed E-state index contributed by atoms with van der Waals surface area (Å²) in [5, 5.41) is 9.78. The summed E-state index contributed by atoms with van der Waals surface area (Å²) in [6, 6.07) is 2.07. The maximum atomic E-state index is 9.78. The van der Waals surface area contributed by atoms with Crippen molar-refractivity contribution in [3.63, 3.8) is 0 Å². The first-order chi connectivity index (χ1) is 7.43. The van der Waals surface area contributed by atoms with Crippen molar-refractivity contribution < 1.29 is 5.11 Å². The van der Waals surface area contributed by atoms with Crippen molar-refractivity contribution in [2.45, 2.75) is 45.1 Å². The van der Waals surface area contributed by atoms with Crippen molar-refractivity contribution in [2.75, 3.05) is 0 Å². The maximum Gasteiger partial charge on any atom is 0.132 e. The SMILES string of the molecule is Cc1cc(CCC2(N)CC2)c(C)c(Br)c1O. The van der Waals surface area contributed by atoms with Crippen LogP contribution in [-0.2, 0) is 6.42 Å². The maximum absolute atomic E-state index is 9.78. The molecule has 0 heterocycles. The Balaban J connectivity index is 2.20. The van der Waals surface area contributed by atoms with E-state index in [4.69, 9.17) is 5.73 Å². The molecule has 0 spiro atoms. The predicted octanol–water partition coefficient (Wildman–Crippen LogP) is 3.20. The third-order valence-electron chi connectivity index (χ3n) is 3.57. The van der Waals surface area contributed by atoms with Gasteiger partial charge >= 0.3 is 0 Å². The van der Waals surface area contributed by atoms with Crippen LogP contribution in [0, 0.1) is 13.8 Å². The van der Waals surface area contributed by atoms with E-state index in [1.165, 1.54) is 5.56 Å². The van der Waals surface area contributed by atoms with Crippen LogP contribution in [0.5, 0.6) is 5.75 Å². The lowest BCUT2D eigenvalue weighted by Gasteiger charge is -2.14. The number of halogens is 1. The summed E-state index contributed by atoms with van der Waals surface area (Å²) in [4.78, 5) is 0. The number of aryl methyl sites for hydroxylation is 2. The molecule has 0 aromatic heterocycles. The van der Waals surface area contributed by atoms with E-state index in [-0.39, 0.29) is 5.54 Å². The van der Waals surface area contributed by atoms with Crippen LogP contribution in [0.3, 0.4) is 0 Å². The fraction of sp³-hybridized carbons (Fsp3) is 0.538. The monoisotopic (exact) mass is 283 g/mol. The molecule has 0 amide bonds.